The third kappa shape index (κ3) is 4.36. The lowest BCUT2D eigenvalue weighted by Crippen LogP contribution is -2.28. The minimum absolute atomic E-state index is 0.0721. The highest BCUT2D eigenvalue weighted by Gasteiger charge is 2.15. The topological polar surface area (TPSA) is 101 Å². The van der Waals surface area contributed by atoms with Gasteiger partial charge in [-0.1, -0.05) is 13.8 Å². The molecular weight excluding hydrogens is 276 g/mol. The Hall–Kier alpha value is -1.31. The van der Waals surface area contributed by atoms with Crippen molar-refractivity contribution in [3.63, 3.8) is 0 Å². The van der Waals surface area contributed by atoms with E-state index in [4.69, 9.17) is 10.9 Å². The molecule has 114 valence electrons. The van der Waals surface area contributed by atoms with Gasteiger partial charge >= 0.3 is 0 Å². The fraction of sp³-hybridized carbons (Fsp3) is 0.538. The zero-order valence-corrected chi connectivity index (χ0v) is 13.1. The Labute approximate surface area is 121 Å². The highest BCUT2D eigenvalue weighted by Crippen LogP contribution is 2.25. The Kier molecular flexibility index (Phi) is 5.79. The lowest BCUT2D eigenvalue weighted by atomic mass is 10.2. The number of benzene rings is 1. The molecule has 0 aromatic heterocycles. The quantitative estimate of drug-likeness (QED) is 0.652. The third-order valence-electron chi connectivity index (χ3n) is 3.33. The van der Waals surface area contributed by atoms with E-state index in [-0.39, 0.29) is 4.90 Å². The molecule has 0 amide bonds. The van der Waals surface area contributed by atoms with Crippen LogP contribution >= 0.6 is 0 Å². The van der Waals surface area contributed by atoms with Gasteiger partial charge in [-0.25, -0.2) is 13.6 Å². The first-order valence-corrected chi connectivity index (χ1v) is 8.23. The van der Waals surface area contributed by atoms with Gasteiger partial charge < -0.3 is 16.0 Å². The SMILES string of the molecule is CCN(CC)CCNc1cc(N)cc(S(N)(=O)=O)c1C. The van der Waals surface area contributed by atoms with Gasteiger partial charge in [0.25, 0.3) is 0 Å². The van der Waals surface area contributed by atoms with E-state index in [9.17, 15) is 8.42 Å². The third-order valence-corrected chi connectivity index (χ3v) is 4.36. The zero-order valence-electron chi connectivity index (χ0n) is 12.3. The van der Waals surface area contributed by atoms with Crippen LogP contribution in [0.5, 0.6) is 0 Å². The molecule has 6 nitrogen and oxygen atoms in total. The van der Waals surface area contributed by atoms with E-state index in [0.29, 0.717) is 16.9 Å². The Morgan fingerprint density at radius 2 is 1.85 bits per heavy atom. The standard InChI is InChI=1S/C13H24N4O2S/c1-4-17(5-2)7-6-16-12-8-11(14)9-13(10(12)3)20(15,18)19/h8-9,16H,4-7,14H2,1-3H3,(H2,15,18,19). The van der Waals surface area contributed by atoms with Gasteiger partial charge in [-0.05, 0) is 37.7 Å². The number of hydrogen-bond acceptors (Lipinski definition) is 5. The molecule has 0 bridgehead atoms. The second-order valence-electron chi connectivity index (χ2n) is 4.69. The molecule has 1 rings (SSSR count). The summed E-state index contributed by atoms with van der Waals surface area (Å²) in [5.41, 5.74) is 7.43. The first-order valence-electron chi connectivity index (χ1n) is 6.68. The molecule has 0 aliphatic rings. The highest BCUT2D eigenvalue weighted by atomic mass is 32.2. The molecule has 0 unspecified atom stereocenters. The van der Waals surface area contributed by atoms with Gasteiger partial charge in [0.1, 0.15) is 0 Å². The van der Waals surface area contributed by atoms with E-state index in [1.165, 1.54) is 6.07 Å². The average Bonchev–Trinajstić information content (AvgIpc) is 2.37. The van der Waals surface area contributed by atoms with Gasteiger partial charge in [0.15, 0.2) is 0 Å². The maximum Gasteiger partial charge on any atom is 0.238 e. The first-order chi connectivity index (χ1) is 9.29. The summed E-state index contributed by atoms with van der Waals surface area (Å²) in [6, 6.07) is 3.12. The molecule has 0 saturated heterocycles. The Morgan fingerprint density at radius 1 is 1.25 bits per heavy atom. The van der Waals surface area contributed by atoms with Gasteiger partial charge in [0.05, 0.1) is 4.90 Å². The maximum absolute atomic E-state index is 11.5. The second-order valence-corrected chi connectivity index (χ2v) is 6.22. The highest BCUT2D eigenvalue weighted by molar-refractivity contribution is 7.89. The summed E-state index contributed by atoms with van der Waals surface area (Å²) in [6.45, 7) is 9.50. The summed E-state index contributed by atoms with van der Waals surface area (Å²) in [7, 11) is -3.76. The molecule has 7 heteroatoms. The normalized spacial score (nSPS) is 11.8. The zero-order chi connectivity index (χ0) is 15.3. The van der Waals surface area contributed by atoms with Gasteiger partial charge in [0.2, 0.25) is 10.0 Å². The molecule has 0 aliphatic heterocycles. The van der Waals surface area contributed by atoms with Crippen LogP contribution in [0.2, 0.25) is 0 Å². The van der Waals surface area contributed by atoms with Crippen molar-refractivity contribution in [1.82, 2.24) is 4.90 Å². The van der Waals surface area contributed by atoms with Crippen LogP contribution in [0.1, 0.15) is 19.4 Å². The van der Waals surface area contributed by atoms with Crippen molar-refractivity contribution in [2.45, 2.75) is 25.7 Å². The lowest BCUT2D eigenvalue weighted by molar-refractivity contribution is 0.316. The summed E-state index contributed by atoms with van der Waals surface area (Å²) in [5.74, 6) is 0. The van der Waals surface area contributed by atoms with Crippen molar-refractivity contribution < 1.29 is 8.42 Å². The maximum atomic E-state index is 11.5. The number of primary sulfonamides is 1. The number of nitrogens with two attached hydrogens (primary N) is 2. The molecule has 20 heavy (non-hydrogen) atoms. The first kappa shape index (κ1) is 16.7. The summed E-state index contributed by atoms with van der Waals surface area (Å²) in [4.78, 5) is 2.35. The smallest absolute Gasteiger partial charge is 0.238 e. The van der Waals surface area contributed by atoms with Crippen LogP contribution in [-0.4, -0.2) is 39.5 Å². The number of hydrogen-bond donors (Lipinski definition) is 3. The number of nitrogens with zero attached hydrogens (tertiary/aromatic N) is 1. The molecule has 0 saturated carbocycles. The van der Waals surface area contributed by atoms with E-state index in [2.05, 4.69) is 24.1 Å². The molecular formula is C13H24N4O2S. The summed E-state index contributed by atoms with van der Waals surface area (Å²) in [5, 5.41) is 8.42. The molecule has 1 aromatic rings. The molecule has 5 N–H and O–H groups in total. The van der Waals surface area contributed by atoms with Crippen LogP contribution in [0, 0.1) is 6.92 Å². The minimum Gasteiger partial charge on any atom is -0.399 e. The Balaban J connectivity index is 2.89. The van der Waals surface area contributed by atoms with Crippen LogP contribution in [0.15, 0.2) is 17.0 Å². The fourth-order valence-corrected chi connectivity index (χ4v) is 2.91. The predicted molar refractivity (Wildman–Crippen MR) is 83.2 cm³/mol. The number of rotatable bonds is 7. The monoisotopic (exact) mass is 300 g/mol. The summed E-state index contributed by atoms with van der Waals surface area (Å²) in [6.07, 6.45) is 0. The van der Waals surface area contributed by atoms with Crippen LogP contribution < -0.4 is 16.2 Å². The Morgan fingerprint density at radius 3 is 2.35 bits per heavy atom. The number of nitrogens with one attached hydrogen (secondary N) is 1. The molecule has 0 atom stereocenters. The fourth-order valence-electron chi connectivity index (χ4n) is 2.08. The molecule has 0 fully saturated rings. The van der Waals surface area contributed by atoms with Crippen LogP contribution in [-0.2, 0) is 10.0 Å². The molecule has 0 spiro atoms. The number of likely N-dealkylation sites (N-methyl/N-ethyl adjacent to an activating group) is 1. The average molecular weight is 300 g/mol. The number of anilines is 2. The van der Waals surface area contributed by atoms with Crippen molar-refractivity contribution in [3.05, 3.63) is 17.7 Å². The lowest BCUT2D eigenvalue weighted by Gasteiger charge is -2.19. The van der Waals surface area contributed by atoms with Gasteiger partial charge in [-0.3, -0.25) is 0 Å². The van der Waals surface area contributed by atoms with Crippen LogP contribution in [0.25, 0.3) is 0 Å². The van der Waals surface area contributed by atoms with Crippen molar-refractivity contribution >= 4 is 21.4 Å². The predicted octanol–water partition coefficient (Wildman–Crippen LogP) is 0.978. The van der Waals surface area contributed by atoms with Gasteiger partial charge in [-0.2, -0.15) is 0 Å². The second kappa shape index (κ2) is 6.92. The van der Waals surface area contributed by atoms with Gasteiger partial charge in [-0.15, -0.1) is 0 Å². The Bertz CT molecular complexity index is 554. The van der Waals surface area contributed by atoms with Gasteiger partial charge in [0, 0.05) is 24.5 Å². The molecule has 1 aromatic carbocycles. The number of sulfonamides is 1. The van der Waals surface area contributed by atoms with E-state index in [1.807, 2.05) is 0 Å². The van der Waals surface area contributed by atoms with Crippen molar-refractivity contribution in [1.29, 1.82) is 0 Å². The number of nitrogen functional groups attached to an aromatic ring is 1. The molecule has 0 radical (unpaired) electrons. The van der Waals surface area contributed by atoms with Crippen LogP contribution in [0.3, 0.4) is 0 Å². The van der Waals surface area contributed by atoms with Crippen molar-refractivity contribution in [2.75, 3.05) is 37.2 Å². The van der Waals surface area contributed by atoms with E-state index >= 15 is 0 Å². The van der Waals surface area contributed by atoms with E-state index in [0.717, 1.165) is 26.2 Å². The van der Waals surface area contributed by atoms with Crippen LogP contribution in [0.4, 0.5) is 11.4 Å². The van der Waals surface area contributed by atoms with E-state index in [1.54, 1.807) is 13.0 Å². The summed E-state index contributed by atoms with van der Waals surface area (Å²) < 4.78 is 23.0. The van der Waals surface area contributed by atoms with E-state index < -0.39 is 10.0 Å². The molecule has 0 heterocycles. The molecule has 0 aliphatic carbocycles. The minimum atomic E-state index is -3.76. The summed E-state index contributed by atoms with van der Waals surface area (Å²) >= 11 is 0. The largest absolute Gasteiger partial charge is 0.399 e. The van der Waals surface area contributed by atoms with Crippen molar-refractivity contribution in [2.24, 2.45) is 5.14 Å². The van der Waals surface area contributed by atoms with Crippen molar-refractivity contribution in [3.8, 4) is 0 Å².